The molecule has 0 bridgehead atoms. The van der Waals surface area contributed by atoms with Crippen molar-refractivity contribution in [3.8, 4) is 22.5 Å². The second kappa shape index (κ2) is 6.14. The second-order valence-electron chi connectivity index (χ2n) is 7.67. The van der Waals surface area contributed by atoms with Crippen LogP contribution >= 0.6 is 0 Å². The molecule has 2 nitrogen and oxygen atoms in total. The number of fused-ring (bicyclic) bond motifs is 3. The summed E-state index contributed by atoms with van der Waals surface area (Å²) < 4.78 is 0. The van der Waals surface area contributed by atoms with Gasteiger partial charge in [-0.3, -0.25) is 0 Å². The Labute approximate surface area is 173 Å². The van der Waals surface area contributed by atoms with Gasteiger partial charge in [-0.15, -0.1) is 0 Å². The van der Waals surface area contributed by atoms with E-state index in [1.165, 1.54) is 10.8 Å². The second-order valence-corrected chi connectivity index (χ2v) is 7.67. The Hall–Kier alpha value is -4.22. The van der Waals surface area contributed by atoms with Gasteiger partial charge in [-0.2, -0.15) is 0 Å². The molecule has 0 aliphatic heterocycles. The lowest BCUT2D eigenvalue weighted by Gasteiger charge is -2.02. The van der Waals surface area contributed by atoms with Crippen LogP contribution in [0.2, 0.25) is 0 Å². The summed E-state index contributed by atoms with van der Waals surface area (Å²) in [7, 11) is 0. The van der Waals surface area contributed by atoms with Crippen LogP contribution in [0.15, 0.2) is 72.8 Å². The first-order valence-electron chi connectivity index (χ1n) is 9.92. The van der Waals surface area contributed by atoms with E-state index in [0.29, 0.717) is 0 Å². The zero-order chi connectivity index (χ0) is 20.2. The maximum atomic E-state index is 4.30. The minimum absolute atomic E-state index is 0.891. The van der Waals surface area contributed by atoms with Gasteiger partial charge in [-0.1, -0.05) is 67.8 Å². The molecule has 2 heteroatoms. The maximum absolute atomic E-state index is 4.30. The van der Waals surface area contributed by atoms with Gasteiger partial charge in [0.25, 0.3) is 0 Å². The average Bonchev–Trinajstić information content (AvgIpc) is 3.31. The lowest BCUT2D eigenvalue weighted by Crippen LogP contribution is -2.01. The van der Waals surface area contributed by atoms with Crippen LogP contribution < -0.4 is 10.7 Å². The van der Waals surface area contributed by atoms with E-state index in [9.17, 15) is 0 Å². The van der Waals surface area contributed by atoms with E-state index in [1.807, 2.05) is 6.07 Å². The van der Waals surface area contributed by atoms with Crippen molar-refractivity contribution in [1.29, 1.82) is 0 Å². The Bertz CT molecular complexity index is 1550. The molecule has 0 unspecified atom stereocenters. The first-order chi connectivity index (χ1) is 14.7. The van der Waals surface area contributed by atoms with Crippen LogP contribution in [0.1, 0.15) is 0 Å². The van der Waals surface area contributed by atoms with Gasteiger partial charge in [-0.25, -0.2) is 0 Å². The molecule has 0 radical (unpaired) electrons. The minimum atomic E-state index is 0.891. The molecule has 30 heavy (non-hydrogen) atoms. The summed E-state index contributed by atoms with van der Waals surface area (Å²) in [5.74, 6) is 0. The van der Waals surface area contributed by atoms with Crippen molar-refractivity contribution in [3.63, 3.8) is 0 Å². The third-order valence-electron chi connectivity index (χ3n) is 5.84. The lowest BCUT2D eigenvalue weighted by molar-refractivity contribution is 1.31. The topological polar surface area (TPSA) is 31.6 Å². The van der Waals surface area contributed by atoms with Crippen molar-refractivity contribution in [2.24, 2.45) is 0 Å². The van der Waals surface area contributed by atoms with Crippen molar-refractivity contribution >= 4 is 45.5 Å². The summed E-state index contributed by atoms with van der Waals surface area (Å²) in [6.45, 7) is 8.61. The molecule has 2 aromatic heterocycles. The highest BCUT2D eigenvalue weighted by atomic mass is 14.8. The molecule has 2 heterocycles. The predicted octanol–water partition coefficient (Wildman–Crippen LogP) is 5.56. The molecule has 4 aromatic carbocycles. The van der Waals surface area contributed by atoms with E-state index < -0.39 is 0 Å². The van der Waals surface area contributed by atoms with Crippen LogP contribution in [0, 0.1) is 12.1 Å². The highest BCUT2D eigenvalue weighted by molar-refractivity contribution is 6.05. The Kier molecular flexibility index (Phi) is 3.42. The number of aromatic nitrogens is 2. The van der Waals surface area contributed by atoms with E-state index in [4.69, 9.17) is 0 Å². The lowest BCUT2D eigenvalue weighted by atomic mass is 10.0. The van der Waals surface area contributed by atoms with E-state index >= 15 is 0 Å². The molecule has 0 aliphatic rings. The smallest absolute Gasteiger partial charge is 0.0560 e. The van der Waals surface area contributed by atoms with Gasteiger partial charge in [-0.05, 0) is 57.6 Å². The Balaban J connectivity index is 1.60. The summed E-state index contributed by atoms with van der Waals surface area (Å²) in [5, 5.41) is 8.60. The van der Waals surface area contributed by atoms with Crippen LogP contribution in [0.5, 0.6) is 0 Å². The molecule has 0 saturated carbocycles. The van der Waals surface area contributed by atoms with Crippen LogP contribution in [-0.4, -0.2) is 9.97 Å². The molecular formula is C28H18N2. The number of rotatable bonds is 2. The summed E-state index contributed by atoms with van der Waals surface area (Å²) >= 11 is 0. The van der Waals surface area contributed by atoms with Gasteiger partial charge in [0.05, 0.1) is 11.4 Å². The maximum Gasteiger partial charge on any atom is 0.0560 e. The quantitative estimate of drug-likeness (QED) is 0.393. The van der Waals surface area contributed by atoms with Gasteiger partial charge in [0.1, 0.15) is 0 Å². The van der Waals surface area contributed by atoms with Gasteiger partial charge < -0.3 is 9.97 Å². The third kappa shape index (κ3) is 2.40. The van der Waals surface area contributed by atoms with E-state index in [0.717, 1.165) is 54.8 Å². The number of nitrogens with one attached hydrogen (secondary N) is 2. The highest BCUT2D eigenvalue weighted by Crippen LogP contribution is 2.32. The summed E-state index contributed by atoms with van der Waals surface area (Å²) in [5.41, 5.74) is 4.33. The van der Waals surface area contributed by atoms with Crippen LogP contribution in [0.3, 0.4) is 0 Å². The first kappa shape index (κ1) is 16.7. The zero-order valence-corrected chi connectivity index (χ0v) is 16.3. The molecule has 6 rings (SSSR count). The van der Waals surface area contributed by atoms with E-state index in [2.05, 4.69) is 102 Å². The van der Waals surface area contributed by atoms with Crippen molar-refractivity contribution in [3.05, 3.63) is 95.6 Å². The van der Waals surface area contributed by atoms with Crippen molar-refractivity contribution in [1.82, 2.24) is 9.97 Å². The van der Waals surface area contributed by atoms with E-state index in [-0.39, 0.29) is 0 Å². The van der Waals surface area contributed by atoms with E-state index in [1.54, 1.807) is 0 Å². The number of aromatic amines is 2. The fraction of sp³-hybridized carbons (Fsp3) is 0. The molecule has 6 aromatic rings. The van der Waals surface area contributed by atoms with Crippen molar-refractivity contribution in [2.45, 2.75) is 0 Å². The number of benzene rings is 3. The number of hydrogen-bond donors (Lipinski definition) is 2. The first-order valence-corrected chi connectivity index (χ1v) is 9.92. The third-order valence-corrected chi connectivity index (χ3v) is 5.84. The van der Waals surface area contributed by atoms with Gasteiger partial charge >= 0.3 is 0 Å². The van der Waals surface area contributed by atoms with Gasteiger partial charge in [0.15, 0.2) is 0 Å². The highest BCUT2D eigenvalue weighted by Gasteiger charge is 2.16. The monoisotopic (exact) mass is 382 g/mol. The summed E-state index contributed by atoms with van der Waals surface area (Å²) in [6.07, 6.45) is 0. The van der Waals surface area contributed by atoms with Crippen LogP contribution in [-0.2, 0) is 0 Å². The van der Waals surface area contributed by atoms with Crippen molar-refractivity contribution < 1.29 is 0 Å². The largest absolute Gasteiger partial charge is 0.354 e. The minimum Gasteiger partial charge on any atom is -0.354 e. The molecule has 0 spiro atoms. The summed E-state index contributed by atoms with van der Waals surface area (Å²) in [4.78, 5) is 7.03. The normalized spacial score (nSPS) is 11.3. The van der Waals surface area contributed by atoms with Crippen LogP contribution in [0.4, 0.5) is 0 Å². The molecule has 140 valence electrons. The molecule has 2 N–H and O–H groups in total. The van der Waals surface area contributed by atoms with Crippen LogP contribution in [0.25, 0.3) is 68.0 Å². The molecule has 0 saturated heterocycles. The predicted molar refractivity (Wildman–Crippen MR) is 126 cm³/mol. The van der Waals surface area contributed by atoms with Gasteiger partial charge in [0.2, 0.25) is 0 Å². The average molecular weight is 382 g/mol. The summed E-state index contributed by atoms with van der Waals surface area (Å²) in [6, 6.07) is 31.4. The Morgan fingerprint density at radius 3 is 2.00 bits per heavy atom. The molecule has 0 aliphatic carbocycles. The van der Waals surface area contributed by atoms with Crippen molar-refractivity contribution in [2.75, 3.05) is 0 Å². The standard InChI is InChI=1S/C28H18N2/c1-17-25-26(28(29-17)24-14-12-20-8-4-6-10-22(20)16-24)18(2)30-27(25)23-13-11-19-7-3-5-9-21(19)15-23/h3,5-7,9-16,29-30H,1-2H2. The van der Waals surface area contributed by atoms with Gasteiger partial charge in [0, 0.05) is 26.9 Å². The molecule has 0 fully saturated rings. The molecule has 0 atom stereocenters. The fourth-order valence-corrected chi connectivity index (χ4v) is 4.40. The SMILES string of the molecule is C=c1[nH]c(-c2ccc3ccccc3c2)c2c(=C)[nH]c(-c3ccc4c#cccc4c3)c12. The molecular weight excluding hydrogens is 364 g/mol. The molecule has 0 amide bonds. The fourth-order valence-electron chi connectivity index (χ4n) is 4.40. The Morgan fingerprint density at radius 2 is 1.27 bits per heavy atom. The Morgan fingerprint density at radius 1 is 0.633 bits per heavy atom. The number of H-pyrrole nitrogens is 2. The zero-order valence-electron chi connectivity index (χ0n) is 16.3. The number of hydrogen-bond acceptors (Lipinski definition) is 0.